The van der Waals surface area contributed by atoms with Crippen LogP contribution >= 0.6 is 0 Å². The molecule has 1 aliphatic carbocycles. The minimum absolute atomic E-state index is 0.0986. The Morgan fingerprint density at radius 1 is 0.968 bits per heavy atom. The third kappa shape index (κ3) is 7.83. The average molecular weight is 421 g/mol. The van der Waals surface area contributed by atoms with E-state index >= 15 is 0 Å². The molecule has 165 valence electrons. The molecule has 2 aromatic carbocycles. The van der Waals surface area contributed by atoms with Crippen molar-refractivity contribution in [3.05, 3.63) is 71.8 Å². The Hall–Kier alpha value is -2.66. The lowest BCUT2D eigenvalue weighted by Crippen LogP contribution is -2.53. The van der Waals surface area contributed by atoms with Gasteiger partial charge in [0.15, 0.2) is 0 Å². The Labute approximate surface area is 186 Å². The number of carbonyl (C=O) groups is 2. The van der Waals surface area contributed by atoms with Crippen molar-refractivity contribution in [3.8, 4) is 0 Å². The summed E-state index contributed by atoms with van der Waals surface area (Å²) < 4.78 is 0. The second-order valence-corrected chi connectivity index (χ2v) is 8.43. The van der Waals surface area contributed by atoms with E-state index in [4.69, 9.17) is 0 Å². The summed E-state index contributed by atoms with van der Waals surface area (Å²) in [5.41, 5.74) is 2.22. The third-order valence-corrected chi connectivity index (χ3v) is 5.93. The highest BCUT2D eigenvalue weighted by Gasteiger charge is 2.25. The van der Waals surface area contributed by atoms with Crippen LogP contribution < -0.4 is 16.0 Å². The number of amides is 2. The average Bonchev–Trinajstić information content (AvgIpc) is 2.82. The molecule has 31 heavy (non-hydrogen) atoms. The highest BCUT2D eigenvalue weighted by Crippen LogP contribution is 2.19. The summed E-state index contributed by atoms with van der Waals surface area (Å²) in [6.07, 6.45) is 7.45. The van der Waals surface area contributed by atoms with E-state index in [2.05, 4.69) is 34.1 Å². The molecule has 0 heterocycles. The van der Waals surface area contributed by atoms with E-state index in [9.17, 15) is 9.59 Å². The van der Waals surface area contributed by atoms with Crippen LogP contribution in [0.2, 0.25) is 0 Å². The molecule has 2 aromatic rings. The lowest BCUT2D eigenvalue weighted by Gasteiger charge is -2.29. The summed E-state index contributed by atoms with van der Waals surface area (Å²) >= 11 is 0. The van der Waals surface area contributed by atoms with Crippen LogP contribution in [0.4, 0.5) is 0 Å². The summed E-state index contributed by atoms with van der Waals surface area (Å²) in [6, 6.07) is 20.1. The van der Waals surface area contributed by atoms with Crippen molar-refractivity contribution >= 4 is 11.8 Å². The van der Waals surface area contributed by atoms with Crippen LogP contribution in [0.25, 0.3) is 0 Å². The van der Waals surface area contributed by atoms with Gasteiger partial charge < -0.3 is 16.0 Å². The summed E-state index contributed by atoms with van der Waals surface area (Å²) in [5.74, 6) is -0.279. The van der Waals surface area contributed by atoms with Crippen molar-refractivity contribution in [1.29, 1.82) is 0 Å². The number of rotatable bonds is 10. The number of aryl methyl sites for hydroxylation is 1. The largest absolute Gasteiger partial charge is 0.350 e. The second-order valence-electron chi connectivity index (χ2n) is 8.43. The normalized spacial score (nSPS) is 16.3. The lowest BCUT2D eigenvalue weighted by atomic mass is 9.94. The van der Waals surface area contributed by atoms with E-state index in [0.29, 0.717) is 19.0 Å². The molecule has 3 N–H and O–H groups in total. The Kier molecular flexibility index (Phi) is 9.10. The van der Waals surface area contributed by atoms with Crippen LogP contribution in [0.3, 0.4) is 0 Å². The molecule has 0 spiro atoms. The number of nitrogens with one attached hydrogen (secondary N) is 3. The molecule has 3 rings (SSSR count). The topological polar surface area (TPSA) is 70.2 Å². The van der Waals surface area contributed by atoms with Crippen molar-refractivity contribution in [2.75, 3.05) is 0 Å². The first kappa shape index (κ1) is 23.0. The fraction of sp³-hybridized carbons (Fsp3) is 0.462. The summed E-state index contributed by atoms with van der Waals surface area (Å²) in [6.45, 7) is 2.17. The Balaban J connectivity index is 1.54. The zero-order valence-corrected chi connectivity index (χ0v) is 18.4. The first-order valence-corrected chi connectivity index (χ1v) is 11.4. The summed E-state index contributed by atoms with van der Waals surface area (Å²) in [7, 11) is 0. The van der Waals surface area contributed by atoms with Crippen LogP contribution in [0.15, 0.2) is 54.6 Å². The van der Waals surface area contributed by atoms with Crippen molar-refractivity contribution in [2.45, 2.75) is 76.5 Å². The molecule has 1 aliphatic rings. The molecular weight excluding hydrogens is 386 g/mol. The molecule has 1 saturated carbocycles. The molecule has 2 atom stereocenters. The molecule has 0 aliphatic heterocycles. The maximum absolute atomic E-state index is 13.1. The minimum atomic E-state index is -0.588. The molecule has 5 heteroatoms. The molecule has 1 radical (unpaired) electrons. The number of hydrogen-bond donors (Lipinski definition) is 3. The smallest absolute Gasteiger partial charge is 0.242 e. The zero-order chi connectivity index (χ0) is 21.9. The highest BCUT2D eigenvalue weighted by molar-refractivity contribution is 5.89. The number of hydrogen-bond acceptors (Lipinski definition) is 3. The van der Waals surface area contributed by atoms with Gasteiger partial charge >= 0.3 is 0 Å². The summed E-state index contributed by atoms with van der Waals surface area (Å²) in [5, 5.41) is 9.40. The van der Waals surface area contributed by atoms with E-state index in [1.165, 1.54) is 24.8 Å². The molecule has 0 unspecified atom stereocenters. The van der Waals surface area contributed by atoms with E-state index in [-0.39, 0.29) is 17.9 Å². The van der Waals surface area contributed by atoms with Gasteiger partial charge in [-0.3, -0.25) is 9.59 Å². The lowest BCUT2D eigenvalue weighted by molar-refractivity contribution is -0.130. The molecule has 2 amide bonds. The fourth-order valence-corrected chi connectivity index (χ4v) is 4.06. The van der Waals surface area contributed by atoms with Gasteiger partial charge in [0.25, 0.3) is 0 Å². The quantitative estimate of drug-likeness (QED) is 0.551. The number of benzene rings is 2. The molecule has 5 nitrogen and oxygen atoms in total. The van der Waals surface area contributed by atoms with Gasteiger partial charge in [0.2, 0.25) is 11.8 Å². The van der Waals surface area contributed by atoms with Gasteiger partial charge in [0.05, 0.1) is 6.04 Å². The predicted octanol–water partition coefficient (Wildman–Crippen LogP) is 3.53. The van der Waals surface area contributed by atoms with E-state index in [1.807, 2.05) is 42.5 Å². The van der Waals surface area contributed by atoms with Crippen molar-refractivity contribution in [2.24, 2.45) is 0 Å². The Morgan fingerprint density at radius 2 is 1.68 bits per heavy atom. The van der Waals surface area contributed by atoms with E-state index < -0.39 is 6.04 Å². The van der Waals surface area contributed by atoms with Crippen molar-refractivity contribution in [1.82, 2.24) is 16.0 Å². The molecule has 1 fully saturated rings. The first-order chi connectivity index (χ1) is 15.1. The molecular formula is C26H34N3O2. The van der Waals surface area contributed by atoms with E-state index in [0.717, 1.165) is 24.8 Å². The van der Waals surface area contributed by atoms with Gasteiger partial charge in [-0.1, -0.05) is 73.9 Å². The predicted molar refractivity (Wildman–Crippen MR) is 123 cm³/mol. The van der Waals surface area contributed by atoms with E-state index in [1.54, 1.807) is 6.92 Å². The number of carbonyl (C=O) groups excluding carboxylic acids is 2. The van der Waals surface area contributed by atoms with Crippen LogP contribution in [-0.2, 0) is 22.6 Å². The van der Waals surface area contributed by atoms with Crippen molar-refractivity contribution < 1.29 is 9.59 Å². The molecule has 0 saturated heterocycles. The van der Waals surface area contributed by atoms with Crippen LogP contribution in [0.5, 0.6) is 0 Å². The molecule has 0 aromatic heterocycles. The third-order valence-electron chi connectivity index (χ3n) is 5.93. The maximum atomic E-state index is 13.1. The van der Waals surface area contributed by atoms with Crippen LogP contribution in [0.1, 0.15) is 56.6 Å². The van der Waals surface area contributed by atoms with Gasteiger partial charge in [-0.25, -0.2) is 0 Å². The SMILES string of the molecule is C[C@H](NC(=O)[C@@H](CCc1ccccc1)NC1CCCCC1)C(=O)NCc1cc[c]cc1. The van der Waals surface area contributed by atoms with Gasteiger partial charge in [0.1, 0.15) is 6.04 Å². The minimum Gasteiger partial charge on any atom is -0.350 e. The maximum Gasteiger partial charge on any atom is 0.242 e. The van der Waals surface area contributed by atoms with Crippen LogP contribution in [0, 0.1) is 6.07 Å². The van der Waals surface area contributed by atoms with Gasteiger partial charge in [0, 0.05) is 12.6 Å². The Morgan fingerprint density at radius 3 is 2.39 bits per heavy atom. The standard InChI is InChI=1S/C26H34N3O2/c1-20(25(30)27-19-22-13-7-3-8-14-22)28-26(31)24(29-23-15-9-4-10-16-23)18-17-21-11-5-2-6-12-21/h2,5-8,11-14,20,23-24,29H,4,9-10,15-19H2,1H3,(H,27,30)(H,28,31)/t20-,24+/m0/s1. The summed E-state index contributed by atoms with van der Waals surface area (Å²) in [4.78, 5) is 25.6. The molecule has 0 bridgehead atoms. The Bertz CT molecular complexity index is 804. The fourth-order valence-electron chi connectivity index (χ4n) is 4.06. The van der Waals surface area contributed by atoms with Gasteiger partial charge in [-0.05, 0) is 49.8 Å². The first-order valence-electron chi connectivity index (χ1n) is 11.4. The second kappa shape index (κ2) is 12.3. The van der Waals surface area contributed by atoms with Gasteiger partial charge in [-0.2, -0.15) is 0 Å². The monoisotopic (exact) mass is 420 g/mol. The van der Waals surface area contributed by atoms with Gasteiger partial charge in [-0.15, -0.1) is 0 Å². The van der Waals surface area contributed by atoms with Crippen LogP contribution in [-0.4, -0.2) is 29.9 Å². The van der Waals surface area contributed by atoms with Crippen molar-refractivity contribution in [3.63, 3.8) is 0 Å². The zero-order valence-electron chi connectivity index (χ0n) is 18.4. The highest BCUT2D eigenvalue weighted by atomic mass is 16.2.